The monoisotopic (exact) mass is 321 g/mol. The zero-order chi connectivity index (χ0) is 16.3. The highest BCUT2D eigenvalue weighted by Crippen LogP contribution is 2.16. The van der Waals surface area contributed by atoms with Crippen LogP contribution in [0.3, 0.4) is 0 Å². The van der Waals surface area contributed by atoms with E-state index < -0.39 is 15.9 Å². The second kappa shape index (κ2) is 6.08. The van der Waals surface area contributed by atoms with Crippen LogP contribution in [-0.2, 0) is 10.0 Å². The first-order chi connectivity index (χ1) is 10.3. The molecule has 2 aromatic rings. The maximum atomic E-state index is 12.1. The van der Waals surface area contributed by atoms with Gasteiger partial charge in [0.05, 0.1) is 10.9 Å². The van der Waals surface area contributed by atoms with Crippen molar-refractivity contribution in [1.82, 2.24) is 15.3 Å². The Morgan fingerprint density at radius 2 is 1.77 bits per heavy atom. The summed E-state index contributed by atoms with van der Waals surface area (Å²) in [6, 6.07) is 5.53. The minimum atomic E-state index is -3.74. The fraction of sp³-hybridized carbons (Fsp3) is 0.154. The van der Waals surface area contributed by atoms with Gasteiger partial charge in [0.25, 0.3) is 5.91 Å². The van der Waals surface area contributed by atoms with E-state index in [1.54, 1.807) is 19.1 Å². The summed E-state index contributed by atoms with van der Waals surface area (Å²) in [5, 5.41) is 7.74. The van der Waals surface area contributed by atoms with Gasteiger partial charge in [-0.1, -0.05) is 12.1 Å². The topological polar surface area (TPSA) is 141 Å². The molecule has 0 saturated carbocycles. The summed E-state index contributed by atoms with van der Waals surface area (Å²) < 4.78 is 22.4. The molecule has 1 heterocycles. The van der Waals surface area contributed by atoms with Gasteiger partial charge in [-0.25, -0.2) is 23.5 Å². The Hall–Kier alpha value is -2.52. The molecule has 8 nitrogen and oxygen atoms in total. The lowest BCUT2D eigenvalue weighted by atomic mass is 10.1. The molecule has 22 heavy (non-hydrogen) atoms. The molecule has 1 unspecified atom stereocenters. The molecule has 0 aliphatic heterocycles. The van der Waals surface area contributed by atoms with Crippen molar-refractivity contribution in [3.63, 3.8) is 0 Å². The number of sulfonamides is 1. The highest BCUT2D eigenvalue weighted by Gasteiger charge is 2.16. The second-order valence-electron chi connectivity index (χ2n) is 4.60. The average molecular weight is 321 g/mol. The van der Waals surface area contributed by atoms with E-state index in [1.165, 1.54) is 24.5 Å². The summed E-state index contributed by atoms with van der Waals surface area (Å²) in [6.07, 6.45) is 2.76. The summed E-state index contributed by atoms with van der Waals surface area (Å²) >= 11 is 0. The van der Waals surface area contributed by atoms with Crippen LogP contribution in [0.1, 0.15) is 29.0 Å². The Labute approximate surface area is 127 Å². The Bertz CT molecular complexity index is 790. The molecule has 0 bridgehead atoms. The van der Waals surface area contributed by atoms with Crippen molar-refractivity contribution in [2.45, 2.75) is 17.9 Å². The number of nitrogens with one attached hydrogen (secondary N) is 1. The Morgan fingerprint density at radius 1 is 1.18 bits per heavy atom. The van der Waals surface area contributed by atoms with E-state index in [0.29, 0.717) is 5.56 Å². The van der Waals surface area contributed by atoms with Crippen molar-refractivity contribution in [3.05, 3.63) is 47.9 Å². The summed E-state index contributed by atoms with van der Waals surface area (Å²) in [6.45, 7) is 1.75. The molecular formula is C13H15N5O3S. The molecule has 1 amide bonds. The summed E-state index contributed by atoms with van der Waals surface area (Å²) in [5.74, 6) is -0.426. The van der Waals surface area contributed by atoms with Crippen LogP contribution in [-0.4, -0.2) is 24.3 Å². The van der Waals surface area contributed by atoms with Gasteiger partial charge in [0.15, 0.2) is 11.5 Å². The molecule has 9 heteroatoms. The van der Waals surface area contributed by atoms with Crippen LogP contribution in [0, 0.1) is 0 Å². The highest BCUT2D eigenvalue weighted by atomic mass is 32.2. The molecule has 0 aliphatic rings. The lowest BCUT2D eigenvalue weighted by molar-refractivity contribution is 0.0935. The van der Waals surface area contributed by atoms with Crippen LogP contribution in [0.5, 0.6) is 0 Å². The van der Waals surface area contributed by atoms with Crippen molar-refractivity contribution in [2.24, 2.45) is 5.14 Å². The number of nitrogens with zero attached hydrogens (tertiary/aromatic N) is 2. The number of anilines is 1. The van der Waals surface area contributed by atoms with E-state index in [1.807, 2.05) is 0 Å². The molecule has 0 saturated heterocycles. The maximum Gasteiger partial charge on any atom is 0.274 e. The van der Waals surface area contributed by atoms with Crippen molar-refractivity contribution in [3.8, 4) is 0 Å². The molecule has 0 fully saturated rings. The first kappa shape index (κ1) is 15.9. The Morgan fingerprint density at radius 3 is 2.32 bits per heavy atom. The van der Waals surface area contributed by atoms with E-state index in [-0.39, 0.29) is 22.4 Å². The molecule has 1 aromatic heterocycles. The highest BCUT2D eigenvalue weighted by molar-refractivity contribution is 7.89. The van der Waals surface area contributed by atoms with Gasteiger partial charge in [0, 0.05) is 12.4 Å². The zero-order valence-electron chi connectivity index (χ0n) is 11.7. The summed E-state index contributed by atoms with van der Waals surface area (Å²) in [7, 11) is -3.74. The average Bonchev–Trinajstić information content (AvgIpc) is 2.46. The van der Waals surface area contributed by atoms with Gasteiger partial charge in [-0.3, -0.25) is 4.79 Å². The SMILES string of the molecule is CC(NC(=O)c1nccnc1N)c1ccc(S(N)(=O)=O)cc1. The third-order valence-corrected chi connectivity index (χ3v) is 3.93. The predicted octanol–water partition coefficient (Wildman–Crippen LogP) is 0.197. The van der Waals surface area contributed by atoms with Crippen LogP contribution in [0.15, 0.2) is 41.6 Å². The minimum absolute atomic E-state index is 0.00736. The van der Waals surface area contributed by atoms with E-state index in [9.17, 15) is 13.2 Å². The molecule has 0 radical (unpaired) electrons. The molecule has 116 valence electrons. The third-order valence-electron chi connectivity index (χ3n) is 3.00. The summed E-state index contributed by atoms with van der Waals surface area (Å²) in [5.41, 5.74) is 6.34. The smallest absolute Gasteiger partial charge is 0.274 e. The van der Waals surface area contributed by atoms with Crippen LogP contribution in [0.2, 0.25) is 0 Å². The zero-order valence-corrected chi connectivity index (χ0v) is 12.5. The van der Waals surface area contributed by atoms with Crippen LogP contribution in [0.25, 0.3) is 0 Å². The number of nitrogens with two attached hydrogens (primary N) is 2. The quantitative estimate of drug-likeness (QED) is 0.734. The molecule has 1 aromatic carbocycles. The second-order valence-corrected chi connectivity index (χ2v) is 6.16. The number of hydrogen-bond donors (Lipinski definition) is 3. The third kappa shape index (κ3) is 3.57. The number of benzene rings is 1. The molecular weight excluding hydrogens is 306 g/mol. The molecule has 0 spiro atoms. The predicted molar refractivity (Wildman–Crippen MR) is 80.1 cm³/mol. The van der Waals surface area contributed by atoms with E-state index in [0.717, 1.165) is 0 Å². The van der Waals surface area contributed by atoms with Crippen LogP contribution in [0.4, 0.5) is 5.82 Å². The molecule has 2 rings (SSSR count). The number of nitrogen functional groups attached to an aromatic ring is 1. The van der Waals surface area contributed by atoms with Crippen LogP contribution >= 0.6 is 0 Å². The van der Waals surface area contributed by atoms with Crippen molar-refractivity contribution < 1.29 is 13.2 Å². The Kier molecular flexibility index (Phi) is 4.38. The number of carbonyl (C=O) groups is 1. The van der Waals surface area contributed by atoms with E-state index in [4.69, 9.17) is 10.9 Å². The van der Waals surface area contributed by atoms with Gasteiger partial charge >= 0.3 is 0 Å². The molecule has 0 aliphatic carbocycles. The normalized spacial score (nSPS) is 12.6. The van der Waals surface area contributed by atoms with Gasteiger partial charge in [0.2, 0.25) is 10.0 Å². The van der Waals surface area contributed by atoms with E-state index >= 15 is 0 Å². The van der Waals surface area contributed by atoms with Gasteiger partial charge in [-0.05, 0) is 24.6 Å². The number of amides is 1. The van der Waals surface area contributed by atoms with Crippen LogP contribution < -0.4 is 16.2 Å². The Balaban J connectivity index is 2.14. The number of carbonyl (C=O) groups excluding carboxylic acids is 1. The van der Waals surface area contributed by atoms with Crippen molar-refractivity contribution in [2.75, 3.05) is 5.73 Å². The number of hydrogen-bond acceptors (Lipinski definition) is 6. The van der Waals surface area contributed by atoms with Gasteiger partial charge in [-0.15, -0.1) is 0 Å². The van der Waals surface area contributed by atoms with Gasteiger partial charge in [0.1, 0.15) is 0 Å². The molecule has 1 atom stereocenters. The largest absolute Gasteiger partial charge is 0.382 e. The number of rotatable bonds is 4. The fourth-order valence-corrected chi connectivity index (χ4v) is 2.33. The number of aromatic nitrogens is 2. The van der Waals surface area contributed by atoms with E-state index in [2.05, 4.69) is 15.3 Å². The number of primary sulfonamides is 1. The summed E-state index contributed by atoms with van der Waals surface area (Å²) in [4.78, 5) is 19.7. The standard InChI is InChI=1S/C13H15N5O3S/c1-8(9-2-4-10(5-3-9)22(15,20)21)18-13(19)11-12(14)17-7-6-16-11/h2-8H,1H3,(H2,14,17)(H,18,19)(H2,15,20,21). The molecule has 5 N–H and O–H groups in total. The first-order valence-electron chi connectivity index (χ1n) is 6.29. The maximum absolute atomic E-state index is 12.1. The minimum Gasteiger partial charge on any atom is -0.382 e. The van der Waals surface area contributed by atoms with Gasteiger partial charge in [-0.2, -0.15) is 0 Å². The van der Waals surface area contributed by atoms with Crippen molar-refractivity contribution in [1.29, 1.82) is 0 Å². The lowest BCUT2D eigenvalue weighted by Crippen LogP contribution is -2.28. The van der Waals surface area contributed by atoms with Gasteiger partial charge < -0.3 is 11.1 Å². The fourth-order valence-electron chi connectivity index (χ4n) is 1.82. The first-order valence-corrected chi connectivity index (χ1v) is 7.84. The lowest BCUT2D eigenvalue weighted by Gasteiger charge is -2.14. The van der Waals surface area contributed by atoms with Crippen molar-refractivity contribution >= 4 is 21.7 Å².